The van der Waals surface area contributed by atoms with E-state index in [2.05, 4.69) is 16.8 Å². The van der Waals surface area contributed by atoms with Gasteiger partial charge in [0.1, 0.15) is 0 Å². The van der Waals surface area contributed by atoms with Crippen LogP contribution >= 0.6 is 0 Å². The van der Waals surface area contributed by atoms with Gasteiger partial charge in [-0.1, -0.05) is 5.92 Å². The van der Waals surface area contributed by atoms with Crippen molar-refractivity contribution in [3.05, 3.63) is 46.3 Å². The predicted octanol–water partition coefficient (Wildman–Crippen LogP) is 0.980. The Balaban J connectivity index is 2.73. The second-order valence-electron chi connectivity index (χ2n) is 3.42. The van der Waals surface area contributed by atoms with Gasteiger partial charge in [-0.3, -0.25) is 19.9 Å². The van der Waals surface area contributed by atoms with E-state index in [0.29, 0.717) is 16.3 Å². The lowest BCUT2D eigenvalue weighted by molar-refractivity contribution is -0.383. The van der Waals surface area contributed by atoms with E-state index in [1.807, 2.05) is 0 Å². The van der Waals surface area contributed by atoms with Gasteiger partial charge in [-0.05, 0) is 12.1 Å². The molecule has 0 radical (unpaired) electrons. The van der Waals surface area contributed by atoms with Crippen LogP contribution in [0.4, 0.5) is 5.69 Å². The number of benzene rings is 1. The summed E-state index contributed by atoms with van der Waals surface area (Å²) in [6.07, 6.45) is 2.89. The van der Waals surface area contributed by atoms with E-state index in [4.69, 9.17) is 5.73 Å². The maximum Gasteiger partial charge on any atom is 0.293 e. The van der Waals surface area contributed by atoms with Crippen molar-refractivity contribution in [2.75, 3.05) is 0 Å². The number of nitro benzene ring substituents is 1. The molecule has 0 saturated heterocycles. The van der Waals surface area contributed by atoms with Crippen LogP contribution in [0.15, 0.2) is 30.6 Å². The fraction of sp³-hybridized carbons (Fsp3) is 0. The monoisotopic (exact) mass is 241 g/mol. The maximum atomic E-state index is 10.9. The van der Waals surface area contributed by atoms with Crippen LogP contribution in [0.25, 0.3) is 10.8 Å². The highest BCUT2D eigenvalue weighted by atomic mass is 16.6. The fourth-order valence-electron chi connectivity index (χ4n) is 1.57. The molecule has 6 nitrogen and oxygen atoms in total. The van der Waals surface area contributed by atoms with Gasteiger partial charge < -0.3 is 5.73 Å². The molecule has 2 N–H and O–H groups in total. The molecule has 1 heterocycles. The number of amides is 1. The van der Waals surface area contributed by atoms with Crippen LogP contribution in [0.2, 0.25) is 0 Å². The first-order chi connectivity index (χ1) is 8.59. The second kappa shape index (κ2) is 4.51. The van der Waals surface area contributed by atoms with E-state index in [1.54, 1.807) is 6.07 Å². The quantitative estimate of drug-likeness (QED) is 0.457. The van der Waals surface area contributed by atoms with Gasteiger partial charge in [0.15, 0.2) is 0 Å². The first-order valence-corrected chi connectivity index (χ1v) is 4.92. The molecule has 1 amide bonds. The van der Waals surface area contributed by atoms with Gasteiger partial charge in [0.05, 0.1) is 10.3 Å². The molecule has 2 aromatic rings. The molecule has 2 rings (SSSR count). The minimum absolute atomic E-state index is 0.0530. The van der Waals surface area contributed by atoms with Crippen molar-refractivity contribution in [3.8, 4) is 11.8 Å². The molecular weight excluding hydrogens is 234 g/mol. The first-order valence-electron chi connectivity index (χ1n) is 4.92. The largest absolute Gasteiger partial charge is 0.359 e. The molecule has 0 aliphatic carbocycles. The number of nitrogens with zero attached hydrogens (tertiary/aromatic N) is 2. The van der Waals surface area contributed by atoms with E-state index >= 15 is 0 Å². The van der Waals surface area contributed by atoms with E-state index in [-0.39, 0.29) is 5.69 Å². The van der Waals surface area contributed by atoms with Crippen molar-refractivity contribution < 1.29 is 9.72 Å². The summed E-state index contributed by atoms with van der Waals surface area (Å²) in [4.78, 5) is 24.8. The van der Waals surface area contributed by atoms with E-state index in [9.17, 15) is 14.9 Å². The van der Waals surface area contributed by atoms with Crippen molar-refractivity contribution in [1.29, 1.82) is 0 Å². The lowest BCUT2D eigenvalue weighted by Crippen LogP contribution is -2.06. The Morgan fingerprint density at radius 2 is 2.11 bits per heavy atom. The minimum Gasteiger partial charge on any atom is -0.359 e. The summed E-state index contributed by atoms with van der Waals surface area (Å²) in [6, 6.07) is 4.42. The Kier molecular flexibility index (Phi) is 2.89. The van der Waals surface area contributed by atoms with Gasteiger partial charge >= 0.3 is 0 Å². The molecule has 0 saturated carbocycles. The third-order valence-electron chi connectivity index (χ3n) is 2.31. The molecule has 1 aromatic carbocycles. The highest BCUT2D eigenvalue weighted by Gasteiger charge is 2.13. The number of nitrogens with two attached hydrogens (primary N) is 1. The Bertz CT molecular complexity index is 713. The zero-order chi connectivity index (χ0) is 13.1. The van der Waals surface area contributed by atoms with E-state index in [0.717, 1.165) is 0 Å². The SMILES string of the molecule is NC(=O)C#Cc1ccc([N+](=O)[O-])c2cnccc12. The second-order valence-corrected chi connectivity index (χ2v) is 3.42. The summed E-state index contributed by atoms with van der Waals surface area (Å²) >= 11 is 0. The van der Waals surface area contributed by atoms with E-state index in [1.165, 1.54) is 24.5 Å². The number of pyridine rings is 1. The predicted molar refractivity (Wildman–Crippen MR) is 64.5 cm³/mol. The van der Waals surface area contributed by atoms with Crippen LogP contribution in [0, 0.1) is 22.0 Å². The van der Waals surface area contributed by atoms with Crippen molar-refractivity contribution in [1.82, 2.24) is 4.98 Å². The number of carbonyl (C=O) groups excluding carboxylic acids is 1. The Hall–Kier alpha value is -2.94. The topological polar surface area (TPSA) is 99.1 Å². The van der Waals surface area contributed by atoms with Crippen molar-refractivity contribution >= 4 is 22.4 Å². The minimum atomic E-state index is -0.754. The molecule has 0 fully saturated rings. The lowest BCUT2D eigenvalue weighted by atomic mass is 10.1. The number of primary amides is 1. The number of hydrogen-bond acceptors (Lipinski definition) is 4. The number of nitro groups is 1. The van der Waals surface area contributed by atoms with Gasteiger partial charge in [-0.15, -0.1) is 0 Å². The summed E-state index contributed by atoms with van der Waals surface area (Å²) in [5, 5.41) is 11.8. The molecular formula is C12H7N3O3. The van der Waals surface area contributed by atoms with Crippen LogP contribution < -0.4 is 5.73 Å². The highest BCUT2D eigenvalue weighted by molar-refractivity contribution is 5.97. The molecule has 0 atom stereocenters. The standard InChI is InChI=1S/C12H7N3O3/c13-12(16)4-2-8-1-3-11(15(17)18)10-7-14-6-5-9(8)10/h1,3,5-7H,(H2,13,16). The van der Waals surface area contributed by atoms with Crippen molar-refractivity contribution in [2.24, 2.45) is 5.73 Å². The van der Waals surface area contributed by atoms with Crippen LogP contribution in [-0.2, 0) is 4.79 Å². The zero-order valence-corrected chi connectivity index (χ0v) is 9.08. The summed E-state index contributed by atoms with van der Waals surface area (Å²) in [6.45, 7) is 0. The number of fused-ring (bicyclic) bond motifs is 1. The van der Waals surface area contributed by atoms with Crippen LogP contribution in [0.3, 0.4) is 0 Å². The number of non-ortho nitro benzene ring substituents is 1. The summed E-state index contributed by atoms with van der Waals surface area (Å²) in [5.74, 6) is 4.03. The average Bonchev–Trinajstić information content (AvgIpc) is 2.35. The van der Waals surface area contributed by atoms with Crippen LogP contribution in [0.5, 0.6) is 0 Å². The molecule has 1 aromatic heterocycles. The third-order valence-corrected chi connectivity index (χ3v) is 2.31. The normalized spacial score (nSPS) is 9.56. The van der Waals surface area contributed by atoms with Crippen molar-refractivity contribution in [3.63, 3.8) is 0 Å². The summed E-state index contributed by atoms with van der Waals surface area (Å²) in [5.41, 5.74) is 5.37. The van der Waals surface area contributed by atoms with Gasteiger partial charge in [-0.25, -0.2) is 0 Å². The number of hydrogen-bond donors (Lipinski definition) is 1. The molecule has 0 unspecified atom stereocenters. The van der Waals surface area contributed by atoms with Gasteiger partial charge in [0, 0.05) is 35.3 Å². The Labute approximate surface area is 102 Å². The number of carbonyl (C=O) groups is 1. The van der Waals surface area contributed by atoms with Crippen LogP contribution in [0.1, 0.15) is 5.56 Å². The fourth-order valence-corrected chi connectivity index (χ4v) is 1.57. The number of rotatable bonds is 1. The van der Waals surface area contributed by atoms with Gasteiger partial charge in [0.25, 0.3) is 11.6 Å². The third kappa shape index (κ3) is 2.10. The average molecular weight is 241 g/mol. The zero-order valence-electron chi connectivity index (χ0n) is 9.08. The first kappa shape index (κ1) is 11.5. The summed E-state index contributed by atoms with van der Waals surface area (Å²) in [7, 11) is 0. The number of aromatic nitrogens is 1. The molecule has 0 aliphatic rings. The summed E-state index contributed by atoms with van der Waals surface area (Å²) < 4.78 is 0. The van der Waals surface area contributed by atoms with Crippen LogP contribution in [-0.4, -0.2) is 15.8 Å². The van der Waals surface area contributed by atoms with Crippen molar-refractivity contribution in [2.45, 2.75) is 0 Å². The Morgan fingerprint density at radius 1 is 1.33 bits per heavy atom. The maximum absolute atomic E-state index is 10.9. The molecule has 0 spiro atoms. The smallest absolute Gasteiger partial charge is 0.293 e. The molecule has 6 heteroatoms. The molecule has 88 valence electrons. The molecule has 0 aliphatic heterocycles. The highest BCUT2D eigenvalue weighted by Crippen LogP contribution is 2.26. The van der Waals surface area contributed by atoms with Gasteiger partial charge in [-0.2, -0.15) is 0 Å². The lowest BCUT2D eigenvalue weighted by Gasteiger charge is -2.00. The van der Waals surface area contributed by atoms with E-state index < -0.39 is 10.8 Å². The van der Waals surface area contributed by atoms with Gasteiger partial charge in [0.2, 0.25) is 0 Å². The molecule has 0 bridgehead atoms. The Morgan fingerprint density at radius 3 is 2.78 bits per heavy atom. The molecule has 18 heavy (non-hydrogen) atoms.